The third kappa shape index (κ3) is 4.16. The first-order valence-electron chi connectivity index (χ1n) is 6.74. The van der Waals surface area contributed by atoms with Crippen LogP contribution < -0.4 is 5.73 Å². The maximum absolute atomic E-state index is 5.91. The first-order valence-corrected chi connectivity index (χ1v) is 8.97. The summed E-state index contributed by atoms with van der Waals surface area (Å²) >= 11 is 0. The van der Waals surface area contributed by atoms with Crippen LogP contribution in [0.25, 0.3) is 0 Å². The van der Waals surface area contributed by atoms with Gasteiger partial charge in [-0.2, -0.15) is 0 Å². The van der Waals surface area contributed by atoms with Gasteiger partial charge in [0.1, 0.15) is 0 Å². The van der Waals surface area contributed by atoms with Crippen molar-refractivity contribution in [2.45, 2.75) is 52.0 Å². The Morgan fingerprint density at radius 1 is 1.06 bits per heavy atom. The van der Waals surface area contributed by atoms with Gasteiger partial charge >= 0.3 is 8.56 Å². The molecule has 2 N–H and O–H groups in total. The van der Waals surface area contributed by atoms with Gasteiger partial charge in [-0.1, -0.05) is 32.1 Å². The molecule has 16 heavy (non-hydrogen) atoms. The van der Waals surface area contributed by atoms with Crippen LogP contribution in [0.1, 0.15) is 46.0 Å². The van der Waals surface area contributed by atoms with E-state index in [1.54, 1.807) is 0 Å². The lowest BCUT2D eigenvalue weighted by Crippen LogP contribution is -2.51. The van der Waals surface area contributed by atoms with Gasteiger partial charge in [-0.05, 0) is 25.8 Å². The number of rotatable bonds is 7. The van der Waals surface area contributed by atoms with Crippen molar-refractivity contribution >= 4 is 8.56 Å². The Kier molecular flexibility index (Phi) is 6.57. The molecule has 0 aliphatic heterocycles. The van der Waals surface area contributed by atoms with Crippen molar-refractivity contribution in [1.82, 2.24) is 0 Å². The van der Waals surface area contributed by atoms with Crippen LogP contribution in [0.3, 0.4) is 0 Å². The normalized spacial score (nSPS) is 18.9. The Hall–Kier alpha value is 0.0969. The lowest BCUT2D eigenvalue weighted by atomic mass is 9.91. The second-order valence-corrected chi connectivity index (χ2v) is 7.90. The van der Waals surface area contributed by atoms with Crippen LogP contribution in [-0.2, 0) is 8.85 Å². The van der Waals surface area contributed by atoms with Crippen LogP contribution in [0, 0.1) is 5.92 Å². The molecule has 1 aliphatic rings. The van der Waals surface area contributed by atoms with Crippen LogP contribution in [0.2, 0.25) is 6.04 Å². The molecule has 0 atom stereocenters. The molecule has 0 aromatic rings. The maximum atomic E-state index is 5.91. The largest absolute Gasteiger partial charge is 0.394 e. The van der Waals surface area contributed by atoms with Gasteiger partial charge in [0.25, 0.3) is 0 Å². The van der Waals surface area contributed by atoms with E-state index >= 15 is 0 Å². The van der Waals surface area contributed by atoms with E-state index in [2.05, 4.69) is 0 Å². The average Bonchev–Trinajstić information content (AvgIpc) is 2.31. The SMILES string of the molecule is CCO[Si](CN)(CC1CCCCC1)OCC. The first kappa shape index (κ1) is 14.2. The van der Waals surface area contributed by atoms with E-state index in [1.807, 2.05) is 13.8 Å². The summed E-state index contributed by atoms with van der Waals surface area (Å²) in [7, 11) is -2.08. The van der Waals surface area contributed by atoms with Gasteiger partial charge < -0.3 is 14.6 Å². The lowest BCUT2D eigenvalue weighted by Gasteiger charge is -2.33. The monoisotopic (exact) mass is 245 g/mol. The Morgan fingerprint density at radius 3 is 2.06 bits per heavy atom. The van der Waals surface area contributed by atoms with Gasteiger partial charge in [-0.3, -0.25) is 0 Å². The van der Waals surface area contributed by atoms with E-state index in [9.17, 15) is 0 Å². The molecule has 4 heteroatoms. The summed E-state index contributed by atoms with van der Waals surface area (Å²) in [4.78, 5) is 0. The molecule has 0 spiro atoms. The van der Waals surface area contributed by atoms with Gasteiger partial charge in [0.05, 0.1) is 0 Å². The topological polar surface area (TPSA) is 44.5 Å². The van der Waals surface area contributed by atoms with Crippen molar-refractivity contribution in [3.8, 4) is 0 Å². The molecule has 0 aromatic carbocycles. The number of nitrogens with two attached hydrogens (primary N) is 1. The predicted molar refractivity (Wildman–Crippen MR) is 69.4 cm³/mol. The van der Waals surface area contributed by atoms with E-state index in [-0.39, 0.29) is 0 Å². The van der Waals surface area contributed by atoms with Crippen molar-refractivity contribution in [2.24, 2.45) is 11.7 Å². The minimum Gasteiger partial charge on any atom is -0.394 e. The van der Waals surface area contributed by atoms with Crippen molar-refractivity contribution < 1.29 is 8.85 Å². The van der Waals surface area contributed by atoms with Gasteiger partial charge in [0.2, 0.25) is 0 Å². The molecule has 3 nitrogen and oxygen atoms in total. The van der Waals surface area contributed by atoms with E-state index in [0.717, 1.165) is 25.2 Å². The van der Waals surface area contributed by atoms with E-state index < -0.39 is 8.56 Å². The van der Waals surface area contributed by atoms with E-state index in [4.69, 9.17) is 14.6 Å². The number of hydrogen-bond donors (Lipinski definition) is 1. The molecule has 0 radical (unpaired) electrons. The highest BCUT2D eigenvalue weighted by molar-refractivity contribution is 6.67. The van der Waals surface area contributed by atoms with Crippen LogP contribution >= 0.6 is 0 Å². The minimum atomic E-state index is -2.08. The molecular weight excluding hydrogens is 218 g/mol. The molecule has 0 heterocycles. The zero-order valence-electron chi connectivity index (χ0n) is 10.8. The standard InChI is InChI=1S/C12H27NO2Si/c1-3-14-16(11-13,15-4-2)10-12-8-6-5-7-9-12/h12H,3-11,13H2,1-2H3. The van der Waals surface area contributed by atoms with Crippen LogP contribution in [-0.4, -0.2) is 27.9 Å². The predicted octanol–water partition coefficient (Wildman–Crippen LogP) is 2.58. The minimum absolute atomic E-state index is 0.602. The number of hydrogen-bond acceptors (Lipinski definition) is 3. The van der Waals surface area contributed by atoms with Crippen molar-refractivity contribution in [3.05, 3.63) is 0 Å². The highest BCUT2D eigenvalue weighted by Gasteiger charge is 2.38. The summed E-state index contributed by atoms with van der Waals surface area (Å²) in [6.07, 6.45) is 7.43. The fraction of sp³-hybridized carbons (Fsp3) is 1.00. The Bertz CT molecular complexity index is 178. The summed E-state index contributed by atoms with van der Waals surface area (Å²) < 4.78 is 11.8. The third-order valence-electron chi connectivity index (χ3n) is 3.45. The van der Waals surface area contributed by atoms with Crippen LogP contribution in [0.15, 0.2) is 0 Å². The maximum Gasteiger partial charge on any atom is 0.352 e. The molecule has 0 unspecified atom stereocenters. The van der Waals surface area contributed by atoms with Crippen molar-refractivity contribution in [3.63, 3.8) is 0 Å². The third-order valence-corrected chi connectivity index (χ3v) is 6.90. The summed E-state index contributed by atoms with van der Waals surface area (Å²) in [5.41, 5.74) is 5.91. The molecular formula is C12H27NO2Si. The first-order chi connectivity index (χ1) is 7.76. The molecule has 0 aromatic heterocycles. The smallest absolute Gasteiger partial charge is 0.352 e. The van der Waals surface area contributed by atoms with Gasteiger partial charge in [0, 0.05) is 19.4 Å². The van der Waals surface area contributed by atoms with Gasteiger partial charge in [-0.15, -0.1) is 0 Å². The highest BCUT2D eigenvalue weighted by atomic mass is 28.4. The van der Waals surface area contributed by atoms with Gasteiger partial charge in [0.15, 0.2) is 0 Å². The Labute approximate surface area is 101 Å². The molecule has 96 valence electrons. The summed E-state index contributed by atoms with van der Waals surface area (Å²) in [6.45, 7) is 5.54. The molecule has 1 rings (SSSR count). The molecule has 0 amide bonds. The molecule has 0 saturated heterocycles. The van der Waals surface area contributed by atoms with E-state index in [1.165, 1.54) is 32.1 Å². The summed E-state index contributed by atoms with van der Waals surface area (Å²) in [5, 5.41) is 0. The van der Waals surface area contributed by atoms with Crippen molar-refractivity contribution in [1.29, 1.82) is 0 Å². The second-order valence-electron chi connectivity index (χ2n) is 4.69. The lowest BCUT2D eigenvalue weighted by molar-refractivity contribution is 0.174. The van der Waals surface area contributed by atoms with Crippen molar-refractivity contribution in [2.75, 3.05) is 19.4 Å². The average molecular weight is 245 g/mol. The Balaban J connectivity index is 2.52. The molecule has 1 aliphatic carbocycles. The van der Waals surface area contributed by atoms with Crippen LogP contribution in [0.4, 0.5) is 0 Å². The summed E-state index contributed by atoms with van der Waals surface area (Å²) in [6, 6.07) is 1.10. The quantitative estimate of drug-likeness (QED) is 0.701. The molecule has 1 fully saturated rings. The fourth-order valence-electron chi connectivity index (χ4n) is 2.72. The zero-order valence-corrected chi connectivity index (χ0v) is 11.8. The fourth-order valence-corrected chi connectivity index (χ4v) is 5.78. The zero-order chi connectivity index (χ0) is 11.9. The highest BCUT2D eigenvalue weighted by Crippen LogP contribution is 2.31. The second kappa shape index (κ2) is 7.43. The van der Waals surface area contributed by atoms with Crippen LogP contribution in [0.5, 0.6) is 0 Å². The Morgan fingerprint density at radius 2 is 1.62 bits per heavy atom. The molecule has 1 saturated carbocycles. The summed E-state index contributed by atoms with van der Waals surface area (Å²) in [5.74, 6) is 0.794. The van der Waals surface area contributed by atoms with E-state index in [0.29, 0.717) is 6.17 Å². The molecule has 0 bridgehead atoms. The van der Waals surface area contributed by atoms with Gasteiger partial charge in [-0.25, -0.2) is 0 Å².